The number of hydrogen-bond acceptors (Lipinski definition) is 5. The van der Waals surface area contributed by atoms with Crippen LogP contribution in [0.2, 0.25) is 0 Å². The number of ether oxygens (including phenoxy) is 1. The summed E-state index contributed by atoms with van der Waals surface area (Å²) < 4.78 is 5.98. The van der Waals surface area contributed by atoms with E-state index < -0.39 is 18.2 Å². The van der Waals surface area contributed by atoms with Crippen molar-refractivity contribution in [2.45, 2.75) is 366 Å². The fraction of sp³-hybridized carbons (Fsp3) is 0.967. The van der Waals surface area contributed by atoms with Crippen molar-refractivity contribution < 1.29 is 24.5 Å². The third kappa shape index (κ3) is 49.3. The van der Waals surface area contributed by atoms with Gasteiger partial charge in [0.2, 0.25) is 5.91 Å². The molecule has 1 amide bonds. The maximum atomic E-state index is 13.3. The molecule has 0 radical (unpaired) electrons. The van der Waals surface area contributed by atoms with Crippen LogP contribution < -0.4 is 5.32 Å². The van der Waals surface area contributed by atoms with E-state index in [2.05, 4.69) is 26.1 Å². The first kappa shape index (κ1) is 64.9. The van der Waals surface area contributed by atoms with E-state index in [1.165, 1.54) is 263 Å². The lowest BCUT2D eigenvalue weighted by molar-refractivity contribution is -0.151. The molecule has 0 rings (SSSR count). The van der Waals surface area contributed by atoms with Gasteiger partial charge in [0, 0.05) is 6.42 Å². The van der Waals surface area contributed by atoms with Gasteiger partial charge in [0.1, 0.15) is 6.10 Å². The number of aliphatic hydroxyl groups excluding tert-OH is 2. The third-order valence-electron chi connectivity index (χ3n) is 14.4. The Bertz CT molecular complexity index is 959. The number of amides is 1. The maximum Gasteiger partial charge on any atom is 0.306 e. The van der Waals surface area contributed by atoms with E-state index in [0.717, 1.165) is 38.5 Å². The van der Waals surface area contributed by atoms with Gasteiger partial charge >= 0.3 is 5.97 Å². The zero-order valence-electron chi connectivity index (χ0n) is 45.1. The van der Waals surface area contributed by atoms with Crippen LogP contribution in [-0.2, 0) is 14.3 Å². The van der Waals surface area contributed by atoms with Crippen molar-refractivity contribution in [2.24, 2.45) is 0 Å². The number of nitrogens with one attached hydrogen (secondary N) is 1. The smallest absolute Gasteiger partial charge is 0.306 e. The number of unbranched alkanes of at least 4 members (excludes halogenated alkanes) is 44. The molecule has 0 aliphatic rings. The lowest BCUT2D eigenvalue weighted by Gasteiger charge is -2.24. The molecular weight excluding hydrogens is 815 g/mol. The summed E-state index contributed by atoms with van der Waals surface area (Å²) in [4.78, 5) is 26.3. The molecule has 0 aromatic carbocycles. The minimum Gasteiger partial charge on any atom is -0.462 e. The summed E-state index contributed by atoms with van der Waals surface area (Å²) in [7, 11) is 0. The Balaban J connectivity index is 4.47. The molecule has 3 unspecified atom stereocenters. The summed E-state index contributed by atoms with van der Waals surface area (Å²) >= 11 is 0. The lowest BCUT2D eigenvalue weighted by Crippen LogP contribution is -2.46. The number of hydrogen-bond donors (Lipinski definition) is 3. The van der Waals surface area contributed by atoms with Gasteiger partial charge in [-0.05, 0) is 25.7 Å². The van der Waals surface area contributed by atoms with Gasteiger partial charge in [-0.2, -0.15) is 0 Å². The van der Waals surface area contributed by atoms with E-state index >= 15 is 0 Å². The highest BCUT2D eigenvalue weighted by molar-refractivity contribution is 5.77. The topological polar surface area (TPSA) is 95.9 Å². The molecule has 0 fully saturated rings. The van der Waals surface area contributed by atoms with Gasteiger partial charge in [0.05, 0.1) is 25.2 Å². The second-order valence-electron chi connectivity index (χ2n) is 21.1. The lowest BCUT2D eigenvalue weighted by atomic mass is 10.0. The van der Waals surface area contributed by atoms with Crippen LogP contribution >= 0.6 is 0 Å². The predicted octanol–water partition coefficient (Wildman–Crippen LogP) is 18.7. The predicted molar refractivity (Wildman–Crippen MR) is 287 cm³/mol. The Kier molecular flexibility index (Phi) is 53.8. The Hall–Kier alpha value is -1.14. The fourth-order valence-corrected chi connectivity index (χ4v) is 9.85. The highest BCUT2D eigenvalue weighted by Crippen LogP contribution is 2.20. The molecule has 6 nitrogen and oxygen atoms in total. The Morgan fingerprint density at radius 2 is 0.636 bits per heavy atom. The number of aliphatic hydroxyl groups is 2. The van der Waals surface area contributed by atoms with Crippen molar-refractivity contribution in [3.8, 4) is 0 Å². The second kappa shape index (κ2) is 54.8. The first-order valence-electron chi connectivity index (χ1n) is 30.3. The largest absolute Gasteiger partial charge is 0.462 e. The van der Waals surface area contributed by atoms with Crippen molar-refractivity contribution in [1.82, 2.24) is 5.32 Å². The molecule has 0 aliphatic heterocycles. The molecule has 0 aromatic heterocycles. The Morgan fingerprint density at radius 3 is 0.924 bits per heavy atom. The minimum absolute atomic E-state index is 0.0889. The summed E-state index contributed by atoms with van der Waals surface area (Å²) in [5.41, 5.74) is 0. The Morgan fingerprint density at radius 1 is 0.379 bits per heavy atom. The number of carbonyl (C=O) groups excluding carboxylic acids is 2. The summed E-state index contributed by atoms with van der Waals surface area (Å²) in [6, 6.07) is -0.693. The average Bonchev–Trinajstić information content (AvgIpc) is 3.31. The van der Waals surface area contributed by atoms with Crippen LogP contribution in [0.25, 0.3) is 0 Å². The summed E-state index contributed by atoms with van der Waals surface area (Å²) in [5, 5.41) is 23.9. The van der Waals surface area contributed by atoms with E-state index in [9.17, 15) is 19.8 Å². The van der Waals surface area contributed by atoms with E-state index in [0.29, 0.717) is 19.3 Å². The van der Waals surface area contributed by atoms with Crippen LogP contribution in [0.1, 0.15) is 348 Å². The molecule has 0 aromatic rings. The van der Waals surface area contributed by atoms with Crippen molar-refractivity contribution in [3.05, 3.63) is 0 Å². The molecule has 0 spiro atoms. The molecule has 0 heterocycles. The van der Waals surface area contributed by atoms with Crippen molar-refractivity contribution >= 4 is 11.9 Å². The molecule has 0 saturated carbocycles. The molecule has 66 heavy (non-hydrogen) atoms. The zero-order valence-corrected chi connectivity index (χ0v) is 45.1. The van der Waals surface area contributed by atoms with E-state index in [1.54, 1.807) is 0 Å². The number of esters is 1. The van der Waals surface area contributed by atoms with Crippen molar-refractivity contribution in [1.29, 1.82) is 0 Å². The third-order valence-corrected chi connectivity index (χ3v) is 14.4. The van der Waals surface area contributed by atoms with Crippen LogP contribution in [-0.4, -0.2) is 46.9 Å². The molecule has 3 atom stereocenters. The summed E-state index contributed by atoms with van der Waals surface area (Å²) in [6.07, 6.45) is 61.7. The highest BCUT2D eigenvalue weighted by atomic mass is 16.5. The summed E-state index contributed by atoms with van der Waals surface area (Å²) in [6.45, 7) is 6.55. The quantitative estimate of drug-likeness (QED) is 0.0417. The van der Waals surface area contributed by atoms with Crippen LogP contribution in [0, 0.1) is 0 Å². The number of rotatable bonds is 56. The average molecular weight is 935 g/mol. The van der Waals surface area contributed by atoms with Crippen molar-refractivity contribution in [2.75, 3.05) is 6.61 Å². The van der Waals surface area contributed by atoms with Crippen LogP contribution in [0.4, 0.5) is 0 Å². The van der Waals surface area contributed by atoms with E-state index in [-0.39, 0.29) is 24.9 Å². The van der Waals surface area contributed by atoms with Gasteiger partial charge in [0.15, 0.2) is 0 Å². The van der Waals surface area contributed by atoms with E-state index in [4.69, 9.17) is 4.74 Å². The monoisotopic (exact) mass is 934 g/mol. The normalized spacial score (nSPS) is 13.0. The van der Waals surface area contributed by atoms with Crippen molar-refractivity contribution in [3.63, 3.8) is 0 Å². The molecule has 0 saturated heterocycles. The minimum atomic E-state index is -0.781. The van der Waals surface area contributed by atoms with Gasteiger partial charge in [-0.3, -0.25) is 9.59 Å². The van der Waals surface area contributed by atoms with Gasteiger partial charge in [-0.1, -0.05) is 310 Å². The molecule has 0 aliphatic carbocycles. The van der Waals surface area contributed by atoms with Gasteiger partial charge in [-0.15, -0.1) is 0 Å². The number of carbonyl (C=O) groups is 2. The fourth-order valence-electron chi connectivity index (χ4n) is 9.85. The SMILES string of the molecule is CCCCCCCCCCCCCCCCCCC(=O)OC(CCCCCCCCCCCCCCCCC)CC(=O)NC(CO)C(O)CCCCCCCCCCCCCCCCCC. The van der Waals surface area contributed by atoms with Gasteiger partial charge in [0.25, 0.3) is 0 Å². The molecule has 0 bridgehead atoms. The molecular formula is C60H119NO5. The molecule has 3 N–H and O–H groups in total. The van der Waals surface area contributed by atoms with Gasteiger partial charge < -0.3 is 20.3 Å². The maximum absolute atomic E-state index is 13.3. The van der Waals surface area contributed by atoms with Crippen LogP contribution in [0.5, 0.6) is 0 Å². The highest BCUT2D eigenvalue weighted by Gasteiger charge is 2.24. The van der Waals surface area contributed by atoms with Gasteiger partial charge in [-0.25, -0.2) is 0 Å². The molecule has 6 heteroatoms. The van der Waals surface area contributed by atoms with Crippen LogP contribution in [0.15, 0.2) is 0 Å². The second-order valence-corrected chi connectivity index (χ2v) is 21.1. The summed E-state index contributed by atoms with van der Waals surface area (Å²) in [5.74, 6) is -0.442. The first-order chi connectivity index (χ1) is 32.5. The zero-order chi connectivity index (χ0) is 48.1. The Labute approximate surface area is 413 Å². The van der Waals surface area contributed by atoms with Crippen LogP contribution in [0.3, 0.4) is 0 Å². The van der Waals surface area contributed by atoms with E-state index in [1.807, 2.05) is 0 Å². The first-order valence-corrected chi connectivity index (χ1v) is 30.3. The standard InChI is InChI=1S/C60H119NO5/c1-4-7-10-13-16-19-22-25-28-31-34-37-40-43-46-49-52-58(63)57(55-62)61-59(64)54-56(51-48-45-42-39-36-33-30-27-24-21-18-15-12-9-6-3)66-60(65)53-50-47-44-41-38-35-32-29-26-23-20-17-14-11-8-5-2/h56-58,62-63H,4-55H2,1-3H3,(H,61,64). The molecule has 394 valence electrons.